The van der Waals surface area contributed by atoms with E-state index in [4.69, 9.17) is 20.8 Å². The lowest BCUT2D eigenvalue weighted by Crippen LogP contribution is -2.41. The van der Waals surface area contributed by atoms with E-state index in [0.717, 1.165) is 5.56 Å². The molecule has 0 radical (unpaired) electrons. The number of nitrogens with one attached hydrogen (secondary N) is 2. The highest BCUT2D eigenvalue weighted by Gasteiger charge is 2.13. The van der Waals surface area contributed by atoms with Crippen molar-refractivity contribution >= 4 is 23.4 Å². The Labute approximate surface area is 151 Å². The summed E-state index contributed by atoms with van der Waals surface area (Å²) in [4.78, 5) is 23.7. The van der Waals surface area contributed by atoms with Gasteiger partial charge in [0.1, 0.15) is 17.3 Å². The van der Waals surface area contributed by atoms with Gasteiger partial charge in [0.15, 0.2) is 0 Å². The van der Waals surface area contributed by atoms with Gasteiger partial charge in [-0.25, -0.2) is 0 Å². The molecular formula is C18H21ClN2O4. The number of hydrogen-bond acceptors (Lipinski definition) is 4. The molecule has 2 amide bonds. The summed E-state index contributed by atoms with van der Waals surface area (Å²) in [6.45, 7) is 5.74. The lowest BCUT2D eigenvalue weighted by atomic mass is 10.2. The normalized spacial score (nSPS) is 10.4. The van der Waals surface area contributed by atoms with Gasteiger partial charge in [-0.05, 0) is 57.0 Å². The summed E-state index contributed by atoms with van der Waals surface area (Å²) in [6.07, 6.45) is 0.753. The highest BCUT2D eigenvalue weighted by Crippen LogP contribution is 2.21. The first-order valence-electron chi connectivity index (χ1n) is 7.92. The van der Waals surface area contributed by atoms with Crippen molar-refractivity contribution in [3.63, 3.8) is 0 Å². The Hall–Kier alpha value is -2.47. The van der Waals surface area contributed by atoms with Gasteiger partial charge in [0.25, 0.3) is 5.91 Å². The predicted molar refractivity (Wildman–Crippen MR) is 94.7 cm³/mol. The van der Waals surface area contributed by atoms with Crippen LogP contribution in [0.25, 0.3) is 0 Å². The van der Waals surface area contributed by atoms with Crippen molar-refractivity contribution in [2.75, 3.05) is 6.61 Å². The van der Waals surface area contributed by atoms with Crippen LogP contribution in [0.1, 0.15) is 40.3 Å². The van der Waals surface area contributed by atoms with Gasteiger partial charge in [-0.15, -0.1) is 0 Å². The van der Waals surface area contributed by atoms with Crippen LogP contribution in [0.2, 0.25) is 5.02 Å². The van der Waals surface area contributed by atoms with Crippen LogP contribution in [0.3, 0.4) is 0 Å². The molecule has 0 aliphatic carbocycles. The fraction of sp³-hybridized carbons (Fsp3) is 0.333. The number of furan rings is 1. The SMILES string of the molecule is Cc1cc(C(=O)NNC(=O)CCCOc2ccc(Cl)c(C)c2)c(C)o1. The maximum atomic E-state index is 11.9. The van der Waals surface area contributed by atoms with Gasteiger partial charge >= 0.3 is 0 Å². The van der Waals surface area contributed by atoms with Crippen LogP contribution < -0.4 is 15.6 Å². The Morgan fingerprint density at radius 3 is 2.56 bits per heavy atom. The standard InChI is InChI=1S/C18H21ClN2O4/c1-11-9-14(6-7-16(11)19)24-8-4-5-17(22)20-21-18(23)15-10-12(2)25-13(15)3/h6-7,9-10H,4-5,8H2,1-3H3,(H,20,22)(H,21,23). The molecule has 0 unspecified atom stereocenters. The molecule has 0 aliphatic heterocycles. The maximum Gasteiger partial charge on any atom is 0.273 e. The van der Waals surface area contributed by atoms with E-state index in [9.17, 15) is 9.59 Å². The summed E-state index contributed by atoms with van der Waals surface area (Å²) in [6, 6.07) is 7.02. The van der Waals surface area contributed by atoms with Crippen LogP contribution >= 0.6 is 11.6 Å². The van der Waals surface area contributed by atoms with Crippen LogP contribution in [0.4, 0.5) is 0 Å². The minimum absolute atomic E-state index is 0.232. The average Bonchev–Trinajstić information content (AvgIpc) is 2.91. The van der Waals surface area contributed by atoms with Crippen molar-refractivity contribution in [2.24, 2.45) is 0 Å². The van der Waals surface area contributed by atoms with Crippen LogP contribution in [-0.2, 0) is 4.79 Å². The molecule has 7 heteroatoms. The molecule has 0 saturated heterocycles. The van der Waals surface area contributed by atoms with E-state index >= 15 is 0 Å². The number of benzene rings is 1. The predicted octanol–water partition coefficient (Wildman–Crippen LogP) is 3.48. The highest BCUT2D eigenvalue weighted by atomic mass is 35.5. The molecule has 6 nitrogen and oxygen atoms in total. The van der Waals surface area contributed by atoms with Crippen molar-refractivity contribution < 1.29 is 18.7 Å². The monoisotopic (exact) mass is 364 g/mol. The van der Waals surface area contributed by atoms with Crippen LogP contribution in [-0.4, -0.2) is 18.4 Å². The smallest absolute Gasteiger partial charge is 0.273 e. The topological polar surface area (TPSA) is 80.6 Å². The number of carbonyl (C=O) groups excluding carboxylic acids is 2. The van der Waals surface area contributed by atoms with Crippen molar-refractivity contribution in [1.82, 2.24) is 10.9 Å². The van der Waals surface area contributed by atoms with E-state index in [1.165, 1.54) is 0 Å². The zero-order chi connectivity index (χ0) is 18.4. The van der Waals surface area contributed by atoms with E-state index in [-0.39, 0.29) is 12.3 Å². The van der Waals surface area contributed by atoms with Crippen molar-refractivity contribution in [1.29, 1.82) is 0 Å². The van der Waals surface area contributed by atoms with E-state index in [1.807, 2.05) is 13.0 Å². The Balaban J connectivity index is 1.68. The van der Waals surface area contributed by atoms with Gasteiger partial charge in [-0.1, -0.05) is 11.6 Å². The zero-order valence-electron chi connectivity index (χ0n) is 14.4. The molecule has 0 atom stereocenters. The number of aryl methyl sites for hydroxylation is 3. The second kappa shape index (κ2) is 8.58. The minimum Gasteiger partial charge on any atom is -0.494 e. The number of hydrogen-bond donors (Lipinski definition) is 2. The molecule has 134 valence electrons. The molecule has 2 rings (SSSR count). The zero-order valence-corrected chi connectivity index (χ0v) is 15.2. The molecule has 0 aliphatic rings. The van der Waals surface area contributed by atoms with Crippen LogP contribution in [0, 0.1) is 20.8 Å². The molecule has 0 spiro atoms. The first-order valence-corrected chi connectivity index (χ1v) is 8.30. The third-order valence-corrected chi connectivity index (χ3v) is 3.97. The summed E-state index contributed by atoms with van der Waals surface area (Å²) in [5.74, 6) is 1.17. The third kappa shape index (κ3) is 5.53. The molecule has 0 fully saturated rings. The number of halogens is 1. The maximum absolute atomic E-state index is 11.9. The fourth-order valence-electron chi connectivity index (χ4n) is 2.24. The first-order chi connectivity index (χ1) is 11.9. The minimum atomic E-state index is -0.407. The second-order valence-electron chi connectivity index (χ2n) is 5.69. The first kappa shape index (κ1) is 18.9. The molecule has 1 heterocycles. The van der Waals surface area contributed by atoms with Gasteiger partial charge in [0, 0.05) is 11.4 Å². The van der Waals surface area contributed by atoms with Gasteiger partial charge in [0.05, 0.1) is 12.2 Å². The summed E-state index contributed by atoms with van der Waals surface area (Å²) < 4.78 is 10.8. The van der Waals surface area contributed by atoms with Gasteiger partial charge in [0.2, 0.25) is 5.91 Å². The molecule has 0 bridgehead atoms. The van der Waals surface area contributed by atoms with Gasteiger partial charge in [-0.2, -0.15) is 0 Å². The summed E-state index contributed by atoms with van der Waals surface area (Å²) in [5.41, 5.74) is 6.09. The molecule has 2 aromatic rings. The van der Waals surface area contributed by atoms with E-state index in [1.54, 1.807) is 32.0 Å². The number of ether oxygens (including phenoxy) is 1. The van der Waals surface area contributed by atoms with Gasteiger partial charge in [-0.3, -0.25) is 20.4 Å². The molecule has 1 aromatic carbocycles. The Morgan fingerprint density at radius 2 is 1.92 bits per heavy atom. The quantitative estimate of drug-likeness (QED) is 0.607. The van der Waals surface area contributed by atoms with Crippen molar-refractivity contribution in [3.8, 4) is 5.75 Å². The van der Waals surface area contributed by atoms with Gasteiger partial charge < -0.3 is 9.15 Å². The van der Waals surface area contributed by atoms with Crippen LogP contribution in [0.15, 0.2) is 28.7 Å². The summed E-state index contributed by atoms with van der Waals surface area (Å²) in [5, 5.41) is 0.686. The Bertz CT molecular complexity index is 770. The lowest BCUT2D eigenvalue weighted by molar-refractivity contribution is -0.122. The largest absolute Gasteiger partial charge is 0.494 e. The molecule has 0 saturated carbocycles. The molecule has 2 N–H and O–H groups in total. The Morgan fingerprint density at radius 1 is 1.16 bits per heavy atom. The van der Waals surface area contributed by atoms with E-state index in [0.29, 0.717) is 40.9 Å². The average molecular weight is 365 g/mol. The third-order valence-electron chi connectivity index (χ3n) is 3.55. The number of amides is 2. The number of carbonyl (C=O) groups is 2. The summed E-state index contributed by atoms with van der Waals surface area (Å²) in [7, 11) is 0. The van der Waals surface area contributed by atoms with Crippen molar-refractivity contribution in [3.05, 3.63) is 51.9 Å². The molecular weight excluding hydrogens is 344 g/mol. The fourth-order valence-corrected chi connectivity index (χ4v) is 2.36. The number of hydrazine groups is 1. The van der Waals surface area contributed by atoms with E-state index < -0.39 is 5.91 Å². The summed E-state index contributed by atoms with van der Waals surface area (Å²) >= 11 is 5.95. The highest BCUT2D eigenvalue weighted by molar-refractivity contribution is 6.31. The number of rotatable bonds is 6. The van der Waals surface area contributed by atoms with Crippen LogP contribution in [0.5, 0.6) is 5.75 Å². The second-order valence-corrected chi connectivity index (χ2v) is 6.10. The lowest BCUT2D eigenvalue weighted by Gasteiger charge is -2.09. The Kier molecular flexibility index (Phi) is 6.47. The molecule has 1 aromatic heterocycles. The molecule has 25 heavy (non-hydrogen) atoms. The van der Waals surface area contributed by atoms with E-state index in [2.05, 4.69) is 10.9 Å². The van der Waals surface area contributed by atoms with Crippen molar-refractivity contribution in [2.45, 2.75) is 33.6 Å².